The fourth-order valence-electron chi connectivity index (χ4n) is 2.52. The molecule has 0 spiro atoms. The minimum atomic E-state index is 0.384. The quantitative estimate of drug-likeness (QED) is 0.608. The number of carbonyl (C=O) groups excluding carboxylic acids is 1. The van der Waals surface area contributed by atoms with Crippen molar-refractivity contribution in [2.45, 2.75) is 46.5 Å². The van der Waals surface area contributed by atoms with Crippen molar-refractivity contribution in [3.05, 3.63) is 0 Å². The van der Waals surface area contributed by atoms with Gasteiger partial charge in [0.25, 0.3) is 0 Å². The molecule has 1 nitrogen and oxygen atoms in total. The summed E-state index contributed by atoms with van der Waals surface area (Å²) >= 11 is 0. The molecule has 0 aromatic carbocycles. The summed E-state index contributed by atoms with van der Waals surface area (Å²) in [5.74, 6) is 1.33. The van der Waals surface area contributed by atoms with Crippen LogP contribution in [0.5, 0.6) is 0 Å². The van der Waals surface area contributed by atoms with Gasteiger partial charge in [0, 0.05) is 5.92 Å². The monoisotopic (exact) mass is 180 g/mol. The predicted molar refractivity (Wildman–Crippen MR) is 53.4 cm³/mol. The van der Waals surface area contributed by atoms with E-state index in [4.69, 9.17) is 0 Å². The largest absolute Gasteiger partial charge is 0.303 e. The van der Waals surface area contributed by atoms with Gasteiger partial charge in [-0.15, -0.1) is 0 Å². The lowest BCUT2D eigenvalue weighted by molar-refractivity contribution is -0.109. The lowest BCUT2D eigenvalue weighted by atomic mass is 9.96. The molecule has 2 rings (SSSR count). The van der Waals surface area contributed by atoms with E-state index in [0.717, 1.165) is 18.6 Å². The molecule has 0 amide bonds. The second kappa shape index (κ2) is 2.59. The Bertz CT molecular complexity index is 231. The van der Waals surface area contributed by atoms with E-state index in [1.54, 1.807) is 0 Å². The van der Waals surface area contributed by atoms with Gasteiger partial charge in [-0.2, -0.15) is 0 Å². The third-order valence-corrected chi connectivity index (χ3v) is 4.37. The van der Waals surface area contributed by atoms with Crippen LogP contribution >= 0.6 is 0 Å². The molecule has 3 atom stereocenters. The Labute approximate surface area is 80.9 Å². The van der Waals surface area contributed by atoms with Crippen molar-refractivity contribution in [1.82, 2.24) is 0 Å². The molecule has 0 aliphatic heterocycles. The highest BCUT2D eigenvalue weighted by Crippen LogP contribution is 2.60. The molecule has 74 valence electrons. The highest BCUT2D eigenvalue weighted by molar-refractivity contribution is 5.59. The van der Waals surface area contributed by atoms with E-state index in [2.05, 4.69) is 20.8 Å². The Balaban J connectivity index is 1.73. The predicted octanol–water partition coefficient (Wildman–Crippen LogP) is 3.04. The van der Waals surface area contributed by atoms with E-state index in [0.29, 0.717) is 16.7 Å². The molecular formula is C12H20O. The van der Waals surface area contributed by atoms with Gasteiger partial charge < -0.3 is 4.79 Å². The minimum absolute atomic E-state index is 0.384. The first-order chi connectivity index (χ1) is 5.98. The Morgan fingerprint density at radius 1 is 1.31 bits per heavy atom. The molecule has 0 bridgehead atoms. The van der Waals surface area contributed by atoms with Crippen molar-refractivity contribution in [1.29, 1.82) is 0 Å². The van der Waals surface area contributed by atoms with Crippen molar-refractivity contribution in [3.8, 4) is 0 Å². The molecule has 2 aliphatic carbocycles. The second-order valence-corrected chi connectivity index (χ2v) is 6.03. The third kappa shape index (κ3) is 1.66. The maximum Gasteiger partial charge on any atom is 0.123 e. The summed E-state index contributed by atoms with van der Waals surface area (Å²) < 4.78 is 0. The highest BCUT2D eigenvalue weighted by Gasteiger charge is 2.52. The van der Waals surface area contributed by atoms with Gasteiger partial charge in [-0.1, -0.05) is 20.8 Å². The Kier molecular flexibility index (Phi) is 1.84. The average Bonchev–Trinajstić information content (AvgIpc) is 2.87. The maximum atomic E-state index is 10.6. The zero-order chi connectivity index (χ0) is 9.69. The fourth-order valence-corrected chi connectivity index (χ4v) is 2.52. The topological polar surface area (TPSA) is 17.1 Å². The summed E-state index contributed by atoms with van der Waals surface area (Å²) in [7, 11) is 0. The lowest BCUT2D eigenvalue weighted by Crippen LogP contribution is -2.01. The van der Waals surface area contributed by atoms with Crippen molar-refractivity contribution >= 4 is 6.29 Å². The van der Waals surface area contributed by atoms with Crippen LogP contribution in [0.1, 0.15) is 46.5 Å². The van der Waals surface area contributed by atoms with E-state index in [-0.39, 0.29) is 0 Å². The molecule has 0 aromatic heterocycles. The maximum absolute atomic E-state index is 10.6. The van der Waals surface area contributed by atoms with Gasteiger partial charge in [0.1, 0.15) is 6.29 Å². The zero-order valence-electron chi connectivity index (χ0n) is 8.97. The summed E-state index contributed by atoms with van der Waals surface area (Å²) in [5.41, 5.74) is 1.00. The average molecular weight is 180 g/mol. The Morgan fingerprint density at radius 3 is 2.31 bits per heavy atom. The van der Waals surface area contributed by atoms with Crippen LogP contribution in [0.4, 0.5) is 0 Å². The normalized spacial score (nSPS) is 45.8. The second-order valence-electron chi connectivity index (χ2n) is 6.03. The standard InChI is InChI=1S/C12H20O/c1-11(2)6-9(11)4-5-12(3)7-10(12)8-13/h8-10H,4-7H2,1-3H3/t9-,10+,12-/m1/s1. The molecule has 0 N–H and O–H groups in total. The molecule has 0 saturated heterocycles. The minimum Gasteiger partial charge on any atom is -0.303 e. The van der Waals surface area contributed by atoms with Gasteiger partial charge in [0.2, 0.25) is 0 Å². The van der Waals surface area contributed by atoms with Crippen LogP contribution in [0.25, 0.3) is 0 Å². The van der Waals surface area contributed by atoms with Crippen molar-refractivity contribution in [2.75, 3.05) is 0 Å². The van der Waals surface area contributed by atoms with E-state index >= 15 is 0 Å². The van der Waals surface area contributed by atoms with Gasteiger partial charge in [0.15, 0.2) is 0 Å². The van der Waals surface area contributed by atoms with E-state index in [1.807, 2.05) is 0 Å². The third-order valence-electron chi connectivity index (χ3n) is 4.37. The number of hydrogen-bond acceptors (Lipinski definition) is 1. The summed E-state index contributed by atoms with van der Waals surface area (Å²) in [6.07, 6.45) is 6.30. The van der Waals surface area contributed by atoms with Crippen LogP contribution in [0.15, 0.2) is 0 Å². The van der Waals surface area contributed by atoms with E-state index in [9.17, 15) is 4.79 Å². The van der Waals surface area contributed by atoms with Crippen LogP contribution in [-0.4, -0.2) is 6.29 Å². The summed E-state index contributed by atoms with van der Waals surface area (Å²) in [6.45, 7) is 6.97. The van der Waals surface area contributed by atoms with Gasteiger partial charge >= 0.3 is 0 Å². The molecule has 13 heavy (non-hydrogen) atoms. The zero-order valence-corrected chi connectivity index (χ0v) is 8.97. The van der Waals surface area contributed by atoms with Crippen LogP contribution in [0, 0.1) is 22.7 Å². The van der Waals surface area contributed by atoms with Gasteiger partial charge in [0.05, 0.1) is 0 Å². The van der Waals surface area contributed by atoms with Crippen LogP contribution in [0.2, 0.25) is 0 Å². The molecule has 2 fully saturated rings. The van der Waals surface area contributed by atoms with Gasteiger partial charge in [-0.05, 0) is 42.4 Å². The van der Waals surface area contributed by atoms with Crippen molar-refractivity contribution in [2.24, 2.45) is 22.7 Å². The number of aldehydes is 1. The van der Waals surface area contributed by atoms with Crippen molar-refractivity contribution < 1.29 is 4.79 Å². The first-order valence-electron chi connectivity index (χ1n) is 5.43. The SMILES string of the molecule is CC1(C)C[C@H]1CC[C@]1(C)C[C@H]1C=O. The van der Waals surface area contributed by atoms with E-state index < -0.39 is 0 Å². The molecule has 2 saturated carbocycles. The van der Waals surface area contributed by atoms with Crippen LogP contribution < -0.4 is 0 Å². The smallest absolute Gasteiger partial charge is 0.123 e. The highest BCUT2D eigenvalue weighted by atomic mass is 16.1. The number of rotatable bonds is 4. The van der Waals surface area contributed by atoms with Gasteiger partial charge in [-0.3, -0.25) is 0 Å². The number of hydrogen-bond donors (Lipinski definition) is 0. The molecule has 0 heterocycles. The summed E-state index contributed by atoms with van der Waals surface area (Å²) in [5, 5.41) is 0. The summed E-state index contributed by atoms with van der Waals surface area (Å²) in [4.78, 5) is 10.6. The lowest BCUT2D eigenvalue weighted by Gasteiger charge is -2.09. The molecule has 0 aromatic rings. The number of carbonyl (C=O) groups is 1. The molecule has 2 aliphatic rings. The molecule has 1 heteroatoms. The molecule has 0 radical (unpaired) electrons. The van der Waals surface area contributed by atoms with Crippen LogP contribution in [0.3, 0.4) is 0 Å². The fraction of sp³-hybridized carbons (Fsp3) is 0.917. The Hall–Kier alpha value is -0.330. The Morgan fingerprint density at radius 2 is 1.92 bits per heavy atom. The molecule has 0 unspecified atom stereocenters. The first-order valence-corrected chi connectivity index (χ1v) is 5.43. The van der Waals surface area contributed by atoms with Crippen LogP contribution in [-0.2, 0) is 4.79 Å². The van der Waals surface area contributed by atoms with Crippen molar-refractivity contribution in [3.63, 3.8) is 0 Å². The first kappa shape index (κ1) is 9.23. The van der Waals surface area contributed by atoms with Gasteiger partial charge in [-0.25, -0.2) is 0 Å². The summed E-state index contributed by atoms with van der Waals surface area (Å²) in [6, 6.07) is 0. The molecular weight excluding hydrogens is 160 g/mol. The van der Waals surface area contributed by atoms with E-state index in [1.165, 1.54) is 19.3 Å².